The molecule has 0 saturated carbocycles. The Labute approximate surface area is 148 Å². The summed E-state index contributed by atoms with van der Waals surface area (Å²) < 4.78 is 17.5. The van der Waals surface area contributed by atoms with E-state index in [-0.39, 0.29) is 5.41 Å². The van der Waals surface area contributed by atoms with Crippen molar-refractivity contribution in [3.8, 4) is 0 Å². The third-order valence-corrected chi connectivity index (χ3v) is 5.46. The summed E-state index contributed by atoms with van der Waals surface area (Å²) in [5.74, 6) is 0. The van der Waals surface area contributed by atoms with Crippen LogP contribution in [0.5, 0.6) is 0 Å². The number of likely N-dealkylation sites (tertiary alicyclic amines) is 1. The summed E-state index contributed by atoms with van der Waals surface area (Å²) in [6.45, 7) is 5.32. The first-order valence-electron chi connectivity index (χ1n) is 9.16. The van der Waals surface area contributed by atoms with Crippen molar-refractivity contribution in [3.05, 3.63) is 54.2 Å². The van der Waals surface area contributed by atoms with Crippen molar-refractivity contribution in [2.24, 2.45) is 5.41 Å². The molecule has 0 amide bonds. The molecule has 0 N–H and O–H groups in total. The van der Waals surface area contributed by atoms with Gasteiger partial charge in [0.1, 0.15) is 0 Å². The molecule has 2 aromatic rings. The van der Waals surface area contributed by atoms with Crippen molar-refractivity contribution < 1.29 is 13.9 Å². The van der Waals surface area contributed by atoms with Gasteiger partial charge in [-0.25, -0.2) is 0 Å². The van der Waals surface area contributed by atoms with Crippen molar-refractivity contribution in [2.75, 3.05) is 26.3 Å². The van der Waals surface area contributed by atoms with Crippen LogP contribution in [-0.4, -0.2) is 42.3 Å². The second-order valence-corrected chi connectivity index (χ2v) is 7.30. The molecule has 0 unspecified atom stereocenters. The van der Waals surface area contributed by atoms with Crippen LogP contribution in [0.2, 0.25) is 0 Å². The highest BCUT2D eigenvalue weighted by molar-refractivity contribution is 5.09. The van der Waals surface area contributed by atoms with Gasteiger partial charge < -0.3 is 13.9 Å². The monoisotopic (exact) mass is 342 g/mol. The number of rotatable bonds is 6. The van der Waals surface area contributed by atoms with Crippen LogP contribution in [0, 0.1) is 5.41 Å². The molecule has 5 heteroatoms. The molecule has 4 heterocycles. The highest BCUT2D eigenvalue weighted by Crippen LogP contribution is 2.41. The van der Waals surface area contributed by atoms with Crippen molar-refractivity contribution >= 4 is 0 Å². The molecule has 5 nitrogen and oxygen atoms in total. The Morgan fingerprint density at radius 3 is 3.00 bits per heavy atom. The van der Waals surface area contributed by atoms with Gasteiger partial charge in [0, 0.05) is 49.6 Å². The number of hydrogen-bond acceptors (Lipinski definition) is 5. The first-order chi connectivity index (χ1) is 12.3. The third kappa shape index (κ3) is 3.94. The molecular formula is C20H26N2O3. The maximum Gasteiger partial charge on any atom is 0.0947 e. The first kappa shape index (κ1) is 16.8. The molecule has 0 bridgehead atoms. The van der Waals surface area contributed by atoms with Crippen LogP contribution >= 0.6 is 0 Å². The predicted molar refractivity (Wildman–Crippen MR) is 93.9 cm³/mol. The SMILES string of the molecule is c1cc(COC[C@@]23CCCO[C@H]2CCN(Cc2ccoc2)C3)ccn1. The summed E-state index contributed by atoms with van der Waals surface area (Å²) in [5, 5.41) is 0. The highest BCUT2D eigenvalue weighted by atomic mass is 16.5. The van der Waals surface area contributed by atoms with E-state index in [1.54, 1.807) is 6.26 Å². The van der Waals surface area contributed by atoms with Gasteiger partial charge in [0.2, 0.25) is 0 Å². The molecule has 2 atom stereocenters. The Bertz CT molecular complexity index is 646. The quantitative estimate of drug-likeness (QED) is 0.806. The molecule has 25 heavy (non-hydrogen) atoms. The topological polar surface area (TPSA) is 47.7 Å². The van der Waals surface area contributed by atoms with Crippen LogP contribution in [0.3, 0.4) is 0 Å². The van der Waals surface area contributed by atoms with Crippen LogP contribution in [0.1, 0.15) is 30.4 Å². The molecule has 0 spiro atoms. The summed E-state index contributed by atoms with van der Waals surface area (Å²) in [5.41, 5.74) is 2.52. The number of pyridine rings is 1. The van der Waals surface area contributed by atoms with Crippen LogP contribution < -0.4 is 0 Å². The molecule has 134 valence electrons. The lowest BCUT2D eigenvalue weighted by atomic mass is 9.73. The zero-order valence-electron chi connectivity index (χ0n) is 14.6. The van der Waals surface area contributed by atoms with E-state index in [4.69, 9.17) is 13.9 Å². The Kier molecular flexibility index (Phi) is 5.15. The lowest BCUT2D eigenvalue weighted by Gasteiger charge is -2.50. The molecule has 0 aliphatic carbocycles. The van der Waals surface area contributed by atoms with Gasteiger partial charge in [-0.15, -0.1) is 0 Å². The second-order valence-electron chi connectivity index (χ2n) is 7.30. The number of furan rings is 1. The van der Waals surface area contributed by atoms with Crippen LogP contribution in [0.4, 0.5) is 0 Å². The number of piperidine rings is 1. The summed E-state index contributed by atoms with van der Waals surface area (Å²) >= 11 is 0. The van der Waals surface area contributed by atoms with Crippen LogP contribution in [0.25, 0.3) is 0 Å². The molecule has 4 rings (SSSR count). The normalized spacial score (nSPS) is 27.1. The standard InChI is InChI=1S/C20H26N2O3/c1-6-20(16-24-13-17-2-7-21-8-3-17)15-22(9-4-19(20)25-10-1)12-18-5-11-23-14-18/h2-3,5,7-8,11,14,19H,1,4,6,9-10,12-13,15-16H2/t19-,20-/m0/s1. The molecule has 0 radical (unpaired) electrons. The third-order valence-electron chi connectivity index (χ3n) is 5.46. The first-order valence-corrected chi connectivity index (χ1v) is 9.16. The van der Waals surface area contributed by atoms with Crippen molar-refractivity contribution in [1.29, 1.82) is 0 Å². The summed E-state index contributed by atoms with van der Waals surface area (Å²) in [4.78, 5) is 6.58. The number of nitrogens with zero attached hydrogens (tertiary/aromatic N) is 2. The fraction of sp³-hybridized carbons (Fsp3) is 0.550. The zero-order chi connectivity index (χ0) is 17.0. The molecule has 2 aliphatic heterocycles. The summed E-state index contributed by atoms with van der Waals surface area (Å²) in [7, 11) is 0. The van der Waals surface area contributed by atoms with Crippen molar-refractivity contribution in [2.45, 2.75) is 38.5 Å². The van der Waals surface area contributed by atoms with Crippen LogP contribution in [-0.2, 0) is 22.6 Å². The number of fused-ring (bicyclic) bond motifs is 1. The van der Waals surface area contributed by atoms with Gasteiger partial charge >= 0.3 is 0 Å². The Morgan fingerprint density at radius 1 is 1.24 bits per heavy atom. The van der Waals surface area contributed by atoms with E-state index in [0.717, 1.165) is 45.7 Å². The van der Waals surface area contributed by atoms with Gasteiger partial charge in [0.15, 0.2) is 0 Å². The zero-order valence-corrected chi connectivity index (χ0v) is 14.6. The van der Waals surface area contributed by atoms with Gasteiger partial charge in [-0.05, 0) is 43.0 Å². The Hall–Kier alpha value is -1.69. The fourth-order valence-corrected chi connectivity index (χ4v) is 4.22. The van der Waals surface area contributed by atoms with E-state index in [9.17, 15) is 0 Å². The largest absolute Gasteiger partial charge is 0.472 e. The maximum absolute atomic E-state index is 6.15. The van der Waals surface area contributed by atoms with E-state index in [0.29, 0.717) is 12.7 Å². The number of hydrogen-bond donors (Lipinski definition) is 0. The maximum atomic E-state index is 6.15. The number of aromatic nitrogens is 1. The lowest BCUT2D eigenvalue weighted by Crippen LogP contribution is -2.56. The van der Waals surface area contributed by atoms with Crippen molar-refractivity contribution in [3.63, 3.8) is 0 Å². The molecule has 2 fully saturated rings. The van der Waals surface area contributed by atoms with Gasteiger partial charge in [-0.1, -0.05) is 0 Å². The summed E-state index contributed by atoms with van der Waals surface area (Å²) in [6.07, 6.45) is 10.9. The van der Waals surface area contributed by atoms with Gasteiger partial charge in [-0.2, -0.15) is 0 Å². The average molecular weight is 342 g/mol. The highest BCUT2D eigenvalue weighted by Gasteiger charge is 2.46. The van der Waals surface area contributed by atoms with Gasteiger partial charge in [0.05, 0.1) is 31.8 Å². The minimum Gasteiger partial charge on any atom is -0.472 e. The summed E-state index contributed by atoms with van der Waals surface area (Å²) in [6, 6.07) is 6.08. The van der Waals surface area contributed by atoms with E-state index in [1.165, 1.54) is 17.5 Å². The van der Waals surface area contributed by atoms with E-state index in [1.807, 2.05) is 30.8 Å². The predicted octanol–water partition coefficient (Wildman–Crippen LogP) is 3.26. The second kappa shape index (κ2) is 7.68. The van der Waals surface area contributed by atoms with Crippen molar-refractivity contribution in [1.82, 2.24) is 9.88 Å². The van der Waals surface area contributed by atoms with Crippen LogP contribution in [0.15, 0.2) is 47.5 Å². The fourth-order valence-electron chi connectivity index (χ4n) is 4.22. The average Bonchev–Trinajstić information content (AvgIpc) is 3.15. The smallest absolute Gasteiger partial charge is 0.0947 e. The van der Waals surface area contributed by atoms with Gasteiger partial charge in [-0.3, -0.25) is 9.88 Å². The van der Waals surface area contributed by atoms with E-state index < -0.39 is 0 Å². The van der Waals surface area contributed by atoms with E-state index in [2.05, 4.69) is 16.0 Å². The minimum absolute atomic E-state index is 0.104. The molecule has 2 saturated heterocycles. The molecular weight excluding hydrogens is 316 g/mol. The number of ether oxygens (including phenoxy) is 2. The molecule has 2 aromatic heterocycles. The van der Waals surface area contributed by atoms with Gasteiger partial charge in [0.25, 0.3) is 0 Å². The minimum atomic E-state index is 0.104. The van der Waals surface area contributed by atoms with E-state index >= 15 is 0 Å². The lowest BCUT2D eigenvalue weighted by molar-refractivity contribution is -0.155. The Morgan fingerprint density at radius 2 is 2.16 bits per heavy atom. The molecule has 2 aliphatic rings. The Balaban J connectivity index is 1.40. The molecule has 0 aromatic carbocycles.